The zero-order valence-electron chi connectivity index (χ0n) is 20.5. The third-order valence-corrected chi connectivity index (χ3v) is 7.42. The van der Waals surface area contributed by atoms with E-state index in [0.717, 1.165) is 35.8 Å². The number of aromatic nitrogens is 3. The van der Waals surface area contributed by atoms with Crippen LogP contribution in [0.25, 0.3) is 16.9 Å². The largest absolute Gasteiger partial charge is 0.497 e. The summed E-state index contributed by atoms with van der Waals surface area (Å²) < 4.78 is 52.8. The molecule has 1 aliphatic rings. The fourth-order valence-electron chi connectivity index (χ4n) is 4.44. The molecule has 3 heterocycles. The Kier molecular flexibility index (Phi) is 6.82. The molecule has 0 spiro atoms. The number of halogens is 3. The summed E-state index contributed by atoms with van der Waals surface area (Å²) >= 11 is 1.28. The Morgan fingerprint density at radius 2 is 1.87 bits per heavy atom. The lowest BCUT2D eigenvalue weighted by atomic mass is 9.95. The molecule has 1 aromatic carbocycles. The Hall–Kier alpha value is -3.93. The maximum Gasteiger partial charge on any atom is 0.433 e. The molecule has 38 heavy (non-hydrogen) atoms. The van der Waals surface area contributed by atoms with Crippen LogP contribution in [-0.4, -0.2) is 40.2 Å². The molecule has 3 aromatic heterocycles. The Bertz CT molecular complexity index is 1530. The highest BCUT2D eigenvalue weighted by Crippen LogP contribution is 2.39. The van der Waals surface area contributed by atoms with Gasteiger partial charge >= 0.3 is 12.1 Å². The summed E-state index contributed by atoms with van der Waals surface area (Å²) in [4.78, 5) is 31.2. The highest BCUT2D eigenvalue weighted by molar-refractivity contribution is 7.17. The summed E-state index contributed by atoms with van der Waals surface area (Å²) in [6.45, 7) is 1.86. The average molecular weight is 545 g/mol. The van der Waals surface area contributed by atoms with Crippen LogP contribution in [0.4, 0.5) is 18.2 Å². The Labute approximate surface area is 219 Å². The van der Waals surface area contributed by atoms with Crippen molar-refractivity contribution >= 4 is 33.9 Å². The number of nitrogens with one attached hydrogen (secondary N) is 1. The van der Waals surface area contributed by atoms with Crippen molar-refractivity contribution in [3.05, 3.63) is 63.8 Å². The zero-order valence-corrected chi connectivity index (χ0v) is 21.3. The van der Waals surface area contributed by atoms with E-state index >= 15 is 0 Å². The van der Waals surface area contributed by atoms with Crippen LogP contribution in [0.5, 0.6) is 5.75 Å². The topological polar surface area (TPSA) is 94.8 Å². The van der Waals surface area contributed by atoms with E-state index in [4.69, 9.17) is 9.47 Å². The standard InChI is InChI=1S/C26H23F3N4O4S/c1-3-37-25(35)22-16-6-4-5-7-19(16)38-24(22)31-23(34)18-13-21-30-17(14-8-10-15(36-2)11-9-14)12-20(26(27,28)29)33(21)32-18/h8-13H,3-7H2,1-2H3,(H,31,34). The van der Waals surface area contributed by atoms with Gasteiger partial charge in [-0.1, -0.05) is 0 Å². The van der Waals surface area contributed by atoms with Gasteiger partial charge in [-0.25, -0.2) is 14.3 Å². The molecule has 198 valence electrons. The van der Waals surface area contributed by atoms with Crippen molar-refractivity contribution in [1.29, 1.82) is 0 Å². The first-order valence-corrected chi connectivity index (χ1v) is 12.8. The van der Waals surface area contributed by atoms with Gasteiger partial charge in [0.05, 0.1) is 25.0 Å². The van der Waals surface area contributed by atoms with Crippen LogP contribution in [0, 0.1) is 0 Å². The second-order valence-electron chi connectivity index (χ2n) is 8.64. The van der Waals surface area contributed by atoms with Gasteiger partial charge in [0.15, 0.2) is 17.0 Å². The molecule has 12 heteroatoms. The number of benzene rings is 1. The van der Waals surface area contributed by atoms with Crippen LogP contribution in [-0.2, 0) is 23.8 Å². The second-order valence-corrected chi connectivity index (χ2v) is 9.75. The molecule has 4 aromatic rings. The van der Waals surface area contributed by atoms with Crippen molar-refractivity contribution in [3.63, 3.8) is 0 Å². The van der Waals surface area contributed by atoms with Gasteiger partial charge in [0.25, 0.3) is 5.91 Å². The lowest BCUT2D eigenvalue weighted by Gasteiger charge is -2.12. The molecule has 0 fully saturated rings. The first kappa shape index (κ1) is 25.7. The van der Waals surface area contributed by atoms with E-state index in [0.29, 0.717) is 32.8 Å². The molecule has 1 aliphatic carbocycles. The van der Waals surface area contributed by atoms with Gasteiger partial charge in [-0.2, -0.15) is 18.3 Å². The number of anilines is 1. The van der Waals surface area contributed by atoms with Crippen molar-refractivity contribution in [1.82, 2.24) is 14.6 Å². The molecule has 1 amide bonds. The molecule has 0 aliphatic heterocycles. The Morgan fingerprint density at radius 3 is 2.55 bits per heavy atom. The van der Waals surface area contributed by atoms with Crippen LogP contribution in [0.2, 0.25) is 0 Å². The summed E-state index contributed by atoms with van der Waals surface area (Å²) in [7, 11) is 1.49. The maximum atomic E-state index is 14.0. The molecular weight excluding hydrogens is 521 g/mol. The maximum absolute atomic E-state index is 14.0. The Morgan fingerprint density at radius 1 is 1.13 bits per heavy atom. The molecule has 0 atom stereocenters. The normalized spacial score (nSPS) is 13.3. The van der Waals surface area contributed by atoms with E-state index in [-0.39, 0.29) is 23.6 Å². The second kappa shape index (κ2) is 10.1. The SMILES string of the molecule is CCOC(=O)c1c(NC(=O)c2cc3nc(-c4ccc(OC)cc4)cc(C(F)(F)F)n3n2)sc2c1CCCC2. The highest BCUT2D eigenvalue weighted by atomic mass is 32.1. The molecule has 1 N–H and O–H groups in total. The number of ether oxygens (including phenoxy) is 2. The van der Waals surface area contributed by atoms with Crippen LogP contribution >= 0.6 is 11.3 Å². The zero-order chi connectivity index (χ0) is 27.0. The summed E-state index contributed by atoms with van der Waals surface area (Å²) in [5, 5.41) is 6.91. The quantitative estimate of drug-likeness (QED) is 0.309. The lowest BCUT2D eigenvalue weighted by molar-refractivity contribution is -0.142. The number of alkyl halides is 3. The number of aryl methyl sites for hydroxylation is 1. The van der Waals surface area contributed by atoms with Crippen LogP contribution in [0.1, 0.15) is 56.7 Å². The fraction of sp³-hybridized carbons (Fsp3) is 0.308. The number of fused-ring (bicyclic) bond motifs is 2. The molecule has 0 unspecified atom stereocenters. The van der Waals surface area contributed by atoms with Gasteiger partial charge in [-0.05, 0) is 68.5 Å². The lowest BCUT2D eigenvalue weighted by Crippen LogP contribution is -2.17. The van der Waals surface area contributed by atoms with Gasteiger partial charge in [0.2, 0.25) is 0 Å². The van der Waals surface area contributed by atoms with Gasteiger partial charge in [-0.15, -0.1) is 11.3 Å². The molecule has 5 rings (SSSR count). The average Bonchev–Trinajstić information content (AvgIpc) is 3.49. The third kappa shape index (κ3) is 4.83. The number of carbonyl (C=O) groups excluding carboxylic acids is 2. The van der Waals surface area contributed by atoms with Gasteiger partial charge < -0.3 is 14.8 Å². The minimum absolute atomic E-state index is 0.0647. The first-order valence-electron chi connectivity index (χ1n) is 11.9. The van der Waals surface area contributed by atoms with Crippen molar-refractivity contribution in [3.8, 4) is 17.0 Å². The number of nitrogens with zero attached hydrogens (tertiary/aromatic N) is 3. The van der Waals surface area contributed by atoms with Crippen molar-refractivity contribution in [2.24, 2.45) is 0 Å². The molecule has 0 radical (unpaired) electrons. The summed E-state index contributed by atoms with van der Waals surface area (Å²) in [5.41, 5.74) is 0.174. The monoisotopic (exact) mass is 544 g/mol. The Balaban J connectivity index is 1.53. The number of carbonyl (C=O) groups is 2. The fourth-order valence-corrected chi connectivity index (χ4v) is 5.71. The van der Waals surface area contributed by atoms with Crippen LogP contribution in [0.3, 0.4) is 0 Å². The molecule has 8 nitrogen and oxygen atoms in total. The smallest absolute Gasteiger partial charge is 0.433 e. The minimum atomic E-state index is -4.76. The number of esters is 1. The van der Waals surface area contributed by atoms with E-state index in [1.54, 1.807) is 31.2 Å². The number of rotatable bonds is 6. The van der Waals surface area contributed by atoms with Crippen LogP contribution < -0.4 is 10.1 Å². The molecule has 0 bridgehead atoms. The minimum Gasteiger partial charge on any atom is -0.497 e. The van der Waals surface area contributed by atoms with Gasteiger partial charge in [0.1, 0.15) is 10.8 Å². The van der Waals surface area contributed by atoms with Crippen molar-refractivity contribution < 1.29 is 32.2 Å². The van der Waals surface area contributed by atoms with Gasteiger partial charge in [-0.3, -0.25) is 4.79 Å². The number of hydrogen-bond acceptors (Lipinski definition) is 7. The molecule has 0 saturated heterocycles. The van der Waals surface area contributed by atoms with Crippen LogP contribution in [0.15, 0.2) is 36.4 Å². The summed E-state index contributed by atoms with van der Waals surface area (Å²) in [6, 6.07) is 8.50. The van der Waals surface area contributed by atoms with Crippen molar-refractivity contribution in [2.45, 2.75) is 38.8 Å². The summed E-state index contributed by atoms with van der Waals surface area (Å²) in [5.74, 6) is -0.743. The van der Waals surface area contributed by atoms with Gasteiger partial charge in [0, 0.05) is 16.5 Å². The third-order valence-electron chi connectivity index (χ3n) is 6.21. The number of amides is 1. The first-order chi connectivity index (χ1) is 18.2. The molecule has 0 saturated carbocycles. The predicted octanol–water partition coefficient (Wildman–Crippen LogP) is 5.79. The van der Waals surface area contributed by atoms with Crippen molar-refractivity contribution in [2.75, 3.05) is 19.0 Å². The predicted molar refractivity (Wildman–Crippen MR) is 135 cm³/mol. The van der Waals surface area contributed by atoms with E-state index < -0.39 is 23.7 Å². The van der Waals surface area contributed by atoms with E-state index in [1.807, 2.05) is 0 Å². The summed E-state index contributed by atoms with van der Waals surface area (Å²) in [6.07, 6.45) is -1.40. The highest BCUT2D eigenvalue weighted by Gasteiger charge is 2.36. The number of methoxy groups -OCH3 is 1. The van der Waals surface area contributed by atoms with E-state index in [9.17, 15) is 22.8 Å². The number of thiophene rings is 1. The molecular formula is C26H23F3N4O4S. The van der Waals surface area contributed by atoms with E-state index in [1.165, 1.54) is 24.5 Å². The van der Waals surface area contributed by atoms with E-state index in [2.05, 4.69) is 15.4 Å². The number of hydrogen-bond donors (Lipinski definition) is 1.